The molecule has 0 saturated heterocycles. The zero-order valence-corrected chi connectivity index (χ0v) is 41.0. The van der Waals surface area contributed by atoms with E-state index in [1.807, 2.05) is 11.3 Å². The Morgan fingerprint density at radius 2 is 0.649 bits per heavy atom. The number of hydrogen-bond acceptors (Lipinski definition) is 2. The minimum absolute atomic E-state index is 0.506. The summed E-state index contributed by atoms with van der Waals surface area (Å²) in [5.41, 5.74) is 26.0. The molecule has 4 aliphatic carbocycles. The lowest BCUT2D eigenvalue weighted by Crippen LogP contribution is -2.26. The van der Waals surface area contributed by atoms with Crippen LogP contribution in [-0.4, -0.2) is 0 Å². The quantitative estimate of drug-likeness (QED) is 0.170. The molecule has 0 N–H and O–H groups in total. The van der Waals surface area contributed by atoms with Crippen molar-refractivity contribution in [2.45, 2.75) is 10.8 Å². The van der Waals surface area contributed by atoms with Crippen molar-refractivity contribution in [3.8, 4) is 55.6 Å². The van der Waals surface area contributed by atoms with Crippen molar-refractivity contribution >= 4 is 59.3 Å². The molecule has 1 nitrogen and oxygen atoms in total. The van der Waals surface area contributed by atoms with Crippen LogP contribution in [0.3, 0.4) is 0 Å². The number of fused-ring (bicyclic) bond motifs is 25. The van der Waals surface area contributed by atoms with Crippen LogP contribution in [0.1, 0.15) is 44.5 Å². The summed E-state index contributed by atoms with van der Waals surface area (Å²) >= 11 is 1.94. The Morgan fingerprint density at radius 3 is 1.16 bits per heavy atom. The third kappa shape index (κ3) is 4.90. The Balaban J connectivity index is 1.04. The molecule has 17 rings (SSSR count). The zero-order valence-electron chi connectivity index (χ0n) is 40.2. The minimum Gasteiger partial charge on any atom is -0.308 e. The topological polar surface area (TPSA) is 3.24 Å². The van der Waals surface area contributed by atoms with E-state index in [4.69, 9.17) is 0 Å². The fourth-order valence-electron chi connectivity index (χ4n) is 14.7. The Hall–Kier alpha value is -9.08. The molecular formula is C72H43NS. The van der Waals surface area contributed by atoms with E-state index in [0.29, 0.717) is 0 Å². The lowest BCUT2D eigenvalue weighted by molar-refractivity contribution is 0.793. The highest BCUT2D eigenvalue weighted by molar-refractivity contribution is 7.27. The number of nitrogens with zero attached hydrogens (tertiary/aromatic N) is 1. The Bertz CT molecular complexity index is 4290. The highest BCUT2D eigenvalue weighted by Crippen LogP contribution is 2.68. The molecule has 0 aliphatic heterocycles. The van der Waals surface area contributed by atoms with E-state index in [-0.39, 0.29) is 0 Å². The summed E-state index contributed by atoms with van der Waals surface area (Å²) < 4.78 is 2.57. The molecule has 0 radical (unpaired) electrons. The van der Waals surface area contributed by atoms with E-state index in [0.717, 1.165) is 0 Å². The smallest absolute Gasteiger partial charge is 0.0726 e. The molecule has 12 aromatic carbocycles. The summed E-state index contributed by atoms with van der Waals surface area (Å²) in [4.78, 5) is 2.70. The zero-order chi connectivity index (χ0) is 48.3. The maximum atomic E-state index is 2.70. The van der Waals surface area contributed by atoms with Gasteiger partial charge in [-0.15, -0.1) is 11.3 Å². The van der Waals surface area contributed by atoms with Crippen LogP contribution in [0.5, 0.6) is 0 Å². The van der Waals surface area contributed by atoms with Crippen molar-refractivity contribution in [2.75, 3.05) is 4.90 Å². The molecule has 0 unspecified atom stereocenters. The molecule has 1 heterocycles. The average Bonchev–Trinajstić information content (AvgIpc) is 4.31. The number of thiophene rings is 1. The molecule has 2 spiro atoms. The average molecular weight is 954 g/mol. The predicted molar refractivity (Wildman–Crippen MR) is 310 cm³/mol. The van der Waals surface area contributed by atoms with Crippen LogP contribution in [0.15, 0.2) is 261 Å². The van der Waals surface area contributed by atoms with Gasteiger partial charge < -0.3 is 4.90 Å². The molecule has 0 bridgehead atoms. The van der Waals surface area contributed by atoms with Gasteiger partial charge in [0, 0.05) is 26.6 Å². The number of benzene rings is 12. The van der Waals surface area contributed by atoms with Crippen molar-refractivity contribution in [2.24, 2.45) is 0 Å². The third-order valence-electron chi connectivity index (χ3n) is 17.3. The second-order valence-electron chi connectivity index (χ2n) is 20.5. The fourth-order valence-corrected chi connectivity index (χ4v) is 16.0. The highest BCUT2D eigenvalue weighted by Gasteiger charge is 2.54. The van der Waals surface area contributed by atoms with Gasteiger partial charge in [-0.2, -0.15) is 0 Å². The number of rotatable bonds is 4. The second kappa shape index (κ2) is 14.8. The van der Waals surface area contributed by atoms with Gasteiger partial charge in [-0.1, -0.05) is 243 Å². The van der Waals surface area contributed by atoms with Crippen molar-refractivity contribution < 1.29 is 0 Å². The summed E-state index contributed by atoms with van der Waals surface area (Å²) in [6.45, 7) is 0. The largest absolute Gasteiger partial charge is 0.308 e. The Morgan fingerprint density at radius 1 is 0.270 bits per heavy atom. The maximum absolute atomic E-state index is 2.70. The lowest BCUT2D eigenvalue weighted by atomic mass is 9.70. The van der Waals surface area contributed by atoms with Gasteiger partial charge in [-0.3, -0.25) is 0 Å². The molecule has 4 aliphatic rings. The summed E-state index contributed by atoms with van der Waals surface area (Å²) in [6.07, 6.45) is 0. The van der Waals surface area contributed by atoms with E-state index < -0.39 is 10.8 Å². The van der Waals surface area contributed by atoms with Gasteiger partial charge in [0.1, 0.15) is 0 Å². The van der Waals surface area contributed by atoms with E-state index in [1.165, 1.54) is 148 Å². The van der Waals surface area contributed by atoms with Crippen LogP contribution in [0.4, 0.5) is 17.1 Å². The van der Waals surface area contributed by atoms with Gasteiger partial charge in [-0.05, 0) is 118 Å². The van der Waals surface area contributed by atoms with Crippen LogP contribution in [-0.2, 0) is 10.8 Å². The van der Waals surface area contributed by atoms with Gasteiger partial charge in [0.2, 0.25) is 0 Å². The first-order valence-electron chi connectivity index (χ1n) is 25.8. The first kappa shape index (κ1) is 40.5. The predicted octanol–water partition coefficient (Wildman–Crippen LogP) is 19.0. The molecule has 2 heteroatoms. The molecule has 342 valence electrons. The third-order valence-corrected chi connectivity index (χ3v) is 18.5. The van der Waals surface area contributed by atoms with Gasteiger partial charge in [-0.25, -0.2) is 0 Å². The van der Waals surface area contributed by atoms with E-state index >= 15 is 0 Å². The molecule has 0 fully saturated rings. The van der Waals surface area contributed by atoms with Gasteiger partial charge in [0.15, 0.2) is 0 Å². The number of hydrogen-bond donors (Lipinski definition) is 0. The SMILES string of the molecule is c1ccc(-c2cccc3c2sc2c(N(c4cccc5c4-c4ccccc4C54c5ccccc5-c5ccccc54)c4cccc5c4-c4ccccc4C54c5ccccc5-c5ccccc54)cc4ccccc4c23)cc1. The Labute approximate surface area is 433 Å². The van der Waals surface area contributed by atoms with Crippen LogP contribution in [0.2, 0.25) is 0 Å². The molecule has 0 amide bonds. The highest BCUT2D eigenvalue weighted by atomic mass is 32.1. The summed E-state index contributed by atoms with van der Waals surface area (Å²) in [5.74, 6) is 0. The molecule has 13 aromatic rings. The molecule has 1 aromatic heterocycles. The molecular weight excluding hydrogens is 911 g/mol. The van der Waals surface area contributed by atoms with Crippen LogP contribution in [0, 0.1) is 0 Å². The number of anilines is 3. The van der Waals surface area contributed by atoms with Crippen LogP contribution in [0.25, 0.3) is 86.6 Å². The maximum Gasteiger partial charge on any atom is 0.0726 e. The molecule has 0 saturated carbocycles. The van der Waals surface area contributed by atoms with Crippen LogP contribution < -0.4 is 4.90 Å². The van der Waals surface area contributed by atoms with E-state index in [1.54, 1.807) is 0 Å². The molecule has 0 atom stereocenters. The fraction of sp³-hybridized carbons (Fsp3) is 0.0278. The van der Waals surface area contributed by atoms with E-state index in [9.17, 15) is 0 Å². The van der Waals surface area contributed by atoms with Gasteiger partial charge in [0.05, 0.1) is 32.6 Å². The van der Waals surface area contributed by atoms with Gasteiger partial charge >= 0.3 is 0 Å². The molecule has 74 heavy (non-hydrogen) atoms. The first-order chi connectivity index (χ1) is 36.8. The summed E-state index contributed by atoms with van der Waals surface area (Å²) in [7, 11) is 0. The van der Waals surface area contributed by atoms with Crippen molar-refractivity contribution in [3.05, 3.63) is 305 Å². The van der Waals surface area contributed by atoms with E-state index in [2.05, 4.69) is 266 Å². The van der Waals surface area contributed by atoms with Crippen LogP contribution >= 0.6 is 11.3 Å². The minimum atomic E-state index is -0.506. The standard InChI is InChI=1S/C72H43NS/c1-2-21-44(22-3-1)47-31-18-32-54-66-46-24-5-4-23-45(46)43-65(70(66)74-69(47)54)73(63-41-19-39-61-67(63)52-29-10-16-37-59(52)71(61)55-33-12-6-25-48(55)49-26-7-13-34-56(49)71)64-42-20-40-62-68(64)53-30-11-17-38-60(53)72(62)57-35-14-8-27-50(57)51-28-9-15-36-58(51)72/h1-43H. The lowest BCUT2D eigenvalue weighted by Gasteiger charge is -2.33. The summed E-state index contributed by atoms with van der Waals surface area (Å²) in [5, 5.41) is 5.07. The monoisotopic (exact) mass is 953 g/mol. The Kier molecular flexibility index (Phi) is 8.08. The normalized spacial score (nSPS) is 14.2. The van der Waals surface area contributed by atoms with Crippen molar-refractivity contribution in [1.29, 1.82) is 0 Å². The summed E-state index contributed by atoms with van der Waals surface area (Å²) in [6, 6.07) is 99.0. The van der Waals surface area contributed by atoms with Gasteiger partial charge in [0.25, 0.3) is 0 Å². The van der Waals surface area contributed by atoms with Crippen molar-refractivity contribution in [3.63, 3.8) is 0 Å². The first-order valence-corrected chi connectivity index (χ1v) is 26.7. The van der Waals surface area contributed by atoms with Crippen molar-refractivity contribution in [1.82, 2.24) is 0 Å². The second-order valence-corrected chi connectivity index (χ2v) is 21.5.